The van der Waals surface area contributed by atoms with Crippen molar-refractivity contribution in [2.24, 2.45) is 0 Å². The lowest BCUT2D eigenvalue weighted by Crippen LogP contribution is -2.36. The number of methoxy groups -OCH3 is 2. The van der Waals surface area contributed by atoms with Crippen LogP contribution in [-0.4, -0.2) is 56.3 Å². The lowest BCUT2D eigenvalue weighted by Gasteiger charge is -2.22. The Hall–Kier alpha value is -1.66. The summed E-state index contributed by atoms with van der Waals surface area (Å²) in [7, 11) is 3.19. The average molecular weight is 253 g/mol. The van der Waals surface area contributed by atoms with Crippen LogP contribution in [0.5, 0.6) is 0 Å². The van der Waals surface area contributed by atoms with Crippen LogP contribution in [-0.2, 0) is 9.47 Å². The Labute approximate surface area is 107 Å². The third-order valence-corrected chi connectivity index (χ3v) is 2.50. The zero-order chi connectivity index (χ0) is 13.4. The zero-order valence-electron chi connectivity index (χ0n) is 10.8. The van der Waals surface area contributed by atoms with Crippen LogP contribution in [0.1, 0.15) is 10.4 Å². The first kappa shape index (κ1) is 14.4. The Balaban J connectivity index is 2.77. The van der Waals surface area contributed by atoms with Crippen LogP contribution >= 0.6 is 0 Å². The second-order valence-corrected chi connectivity index (χ2v) is 3.74. The predicted octanol–water partition coefficient (Wildman–Crippen LogP) is 0.399. The van der Waals surface area contributed by atoms with E-state index in [-0.39, 0.29) is 5.91 Å². The molecule has 6 nitrogen and oxygen atoms in total. The van der Waals surface area contributed by atoms with Crippen LogP contribution in [0.2, 0.25) is 0 Å². The van der Waals surface area contributed by atoms with Gasteiger partial charge in [0.05, 0.1) is 18.8 Å². The first-order valence-electron chi connectivity index (χ1n) is 5.67. The van der Waals surface area contributed by atoms with Gasteiger partial charge >= 0.3 is 0 Å². The van der Waals surface area contributed by atoms with Crippen LogP contribution in [0.4, 0.5) is 5.69 Å². The molecule has 2 N–H and O–H groups in total. The summed E-state index contributed by atoms with van der Waals surface area (Å²) in [4.78, 5) is 17.8. The first-order valence-corrected chi connectivity index (χ1v) is 5.67. The zero-order valence-corrected chi connectivity index (χ0v) is 10.8. The van der Waals surface area contributed by atoms with E-state index in [0.29, 0.717) is 37.6 Å². The second kappa shape index (κ2) is 7.62. The van der Waals surface area contributed by atoms with Crippen LogP contribution < -0.4 is 5.73 Å². The van der Waals surface area contributed by atoms with Crippen molar-refractivity contribution in [2.45, 2.75) is 0 Å². The van der Waals surface area contributed by atoms with Crippen LogP contribution in [0.3, 0.4) is 0 Å². The number of anilines is 1. The first-order chi connectivity index (χ1) is 8.70. The van der Waals surface area contributed by atoms with Crippen molar-refractivity contribution in [1.82, 2.24) is 9.88 Å². The molecule has 0 atom stereocenters. The van der Waals surface area contributed by atoms with Gasteiger partial charge in [-0.2, -0.15) is 0 Å². The van der Waals surface area contributed by atoms with E-state index in [1.807, 2.05) is 0 Å². The van der Waals surface area contributed by atoms with Crippen molar-refractivity contribution in [2.75, 3.05) is 46.3 Å². The molecule has 0 radical (unpaired) electrons. The molecule has 1 amide bonds. The molecule has 0 aliphatic heterocycles. The number of ether oxygens (including phenoxy) is 2. The van der Waals surface area contributed by atoms with Gasteiger partial charge in [0.15, 0.2) is 0 Å². The minimum atomic E-state index is -0.158. The standard InChI is InChI=1S/C12H19N3O3/c1-17-7-5-15(6-8-18-2)12(16)10-9-14-4-3-11(10)13/h3-4,9H,5-8H2,1-2H3,(H2,13,14). The number of amides is 1. The molecule has 0 bridgehead atoms. The molecule has 100 valence electrons. The third-order valence-electron chi connectivity index (χ3n) is 2.50. The topological polar surface area (TPSA) is 77.7 Å². The Morgan fingerprint density at radius 1 is 1.33 bits per heavy atom. The lowest BCUT2D eigenvalue weighted by atomic mass is 10.2. The molecule has 1 aromatic heterocycles. The Kier molecular flexibility index (Phi) is 6.10. The fourth-order valence-electron chi connectivity index (χ4n) is 1.47. The molecule has 0 saturated carbocycles. The highest BCUT2D eigenvalue weighted by atomic mass is 16.5. The lowest BCUT2D eigenvalue weighted by molar-refractivity contribution is 0.0628. The predicted molar refractivity (Wildman–Crippen MR) is 68.3 cm³/mol. The summed E-state index contributed by atoms with van der Waals surface area (Å²) in [6.45, 7) is 1.92. The van der Waals surface area contributed by atoms with Crippen LogP contribution in [0, 0.1) is 0 Å². The summed E-state index contributed by atoms with van der Waals surface area (Å²) >= 11 is 0. The Morgan fingerprint density at radius 2 is 1.94 bits per heavy atom. The molecule has 0 aliphatic rings. The number of nitrogens with two attached hydrogens (primary N) is 1. The maximum Gasteiger partial charge on any atom is 0.257 e. The summed E-state index contributed by atoms with van der Waals surface area (Å²) in [6.07, 6.45) is 3.03. The van der Waals surface area contributed by atoms with E-state index in [1.165, 1.54) is 6.20 Å². The van der Waals surface area contributed by atoms with Gasteiger partial charge in [-0.05, 0) is 6.07 Å². The van der Waals surface area contributed by atoms with E-state index in [9.17, 15) is 4.79 Å². The van der Waals surface area contributed by atoms with Crippen LogP contribution in [0.15, 0.2) is 18.5 Å². The number of rotatable bonds is 7. The summed E-state index contributed by atoms with van der Waals surface area (Å²) in [5, 5.41) is 0. The van der Waals surface area contributed by atoms with E-state index < -0.39 is 0 Å². The van der Waals surface area contributed by atoms with Crippen molar-refractivity contribution in [3.63, 3.8) is 0 Å². The maximum atomic E-state index is 12.3. The van der Waals surface area contributed by atoms with E-state index in [1.54, 1.807) is 31.4 Å². The van der Waals surface area contributed by atoms with Gasteiger partial charge < -0.3 is 20.1 Å². The van der Waals surface area contributed by atoms with Crippen molar-refractivity contribution in [3.8, 4) is 0 Å². The minimum absolute atomic E-state index is 0.158. The van der Waals surface area contributed by atoms with Gasteiger partial charge in [0.1, 0.15) is 0 Å². The average Bonchev–Trinajstić information content (AvgIpc) is 2.39. The quantitative estimate of drug-likeness (QED) is 0.761. The molecular formula is C12H19N3O3. The summed E-state index contributed by atoms with van der Waals surface area (Å²) in [6, 6.07) is 1.61. The molecule has 1 aromatic rings. The molecule has 0 spiro atoms. The molecule has 0 saturated heterocycles. The van der Waals surface area contributed by atoms with Crippen molar-refractivity contribution < 1.29 is 14.3 Å². The third kappa shape index (κ3) is 3.97. The monoisotopic (exact) mass is 253 g/mol. The summed E-state index contributed by atoms with van der Waals surface area (Å²) in [5.74, 6) is -0.158. The van der Waals surface area contributed by atoms with Gasteiger partial charge in [0.2, 0.25) is 0 Å². The van der Waals surface area contributed by atoms with Crippen molar-refractivity contribution in [3.05, 3.63) is 24.0 Å². The molecule has 6 heteroatoms. The number of carbonyl (C=O) groups excluding carboxylic acids is 1. The highest BCUT2D eigenvalue weighted by Crippen LogP contribution is 2.11. The van der Waals surface area contributed by atoms with Gasteiger partial charge in [-0.1, -0.05) is 0 Å². The fraction of sp³-hybridized carbons (Fsp3) is 0.500. The smallest absolute Gasteiger partial charge is 0.257 e. The van der Waals surface area contributed by atoms with Crippen molar-refractivity contribution >= 4 is 11.6 Å². The maximum absolute atomic E-state index is 12.3. The summed E-state index contributed by atoms with van der Waals surface area (Å²) in [5.41, 5.74) is 6.60. The SMILES string of the molecule is COCCN(CCOC)C(=O)c1cnccc1N. The number of aromatic nitrogens is 1. The molecular weight excluding hydrogens is 234 g/mol. The largest absolute Gasteiger partial charge is 0.398 e. The normalized spacial score (nSPS) is 10.3. The fourth-order valence-corrected chi connectivity index (χ4v) is 1.47. The van der Waals surface area contributed by atoms with E-state index in [0.717, 1.165) is 0 Å². The number of hydrogen-bond acceptors (Lipinski definition) is 5. The minimum Gasteiger partial charge on any atom is -0.398 e. The van der Waals surface area contributed by atoms with E-state index in [4.69, 9.17) is 15.2 Å². The van der Waals surface area contributed by atoms with E-state index in [2.05, 4.69) is 4.98 Å². The van der Waals surface area contributed by atoms with Gasteiger partial charge in [-0.25, -0.2) is 0 Å². The molecule has 1 rings (SSSR count). The molecule has 1 heterocycles. The number of hydrogen-bond donors (Lipinski definition) is 1. The van der Waals surface area contributed by atoms with Crippen molar-refractivity contribution in [1.29, 1.82) is 0 Å². The Morgan fingerprint density at radius 3 is 2.44 bits per heavy atom. The Bertz CT molecular complexity index is 377. The van der Waals surface area contributed by atoms with E-state index >= 15 is 0 Å². The number of nitrogens with zero attached hydrogens (tertiary/aromatic N) is 2. The number of carbonyl (C=O) groups is 1. The number of nitrogen functional groups attached to an aromatic ring is 1. The molecule has 0 aromatic carbocycles. The van der Waals surface area contributed by atoms with Crippen LogP contribution in [0.25, 0.3) is 0 Å². The molecule has 0 unspecified atom stereocenters. The highest BCUT2D eigenvalue weighted by molar-refractivity contribution is 5.98. The van der Waals surface area contributed by atoms with Gasteiger partial charge in [-0.15, -0.1) is 0 Å². The van der Waals surface area contributed by atoms with Gasteiger partial charge in [0.25, 0.3) is 5.91 Å². The summed E-state index contributed by atoms with van der Waals surface area (Å²) < 4.78 is 9.97. The number of pyridine rings is 1. The second-order valence-electron chi connectivity index (χ2n) is 3.74. The van der Waals surface area contributed by atoms with Gasteiger partial charge in [-0.3, -0.25) is 9.78 Å². The molecule has 0 aliphatic carbocycles. The molecule has 0 fully saturated rings. The molecule has 18 heavy (non-hydrogen) atoms. The highest BCUT2D eigenvalue weighted by Gasteiger charge is 2.17. The van der Waals surface area contributed by atoms with Gasteiger partial charge in [0, 0.05) is 45.4 Å².